The van der Waals surface area contributed by atoms with E-state index in [0.717, 1.165) is 31.0 Å². The van der Waals surface area contributed by atoms with Crippen molar-refractivity contribution in [3.63, 3.8) is 0 Å². The second kappa shape index (κ2) is 7.25. The molecule has 1 atom stereocenters. The number of pyridine rings is 1. The molecular weight excluding hydrogens is 326 g/mol. The van der Waals surface area contributed by atoms with Crippen LogP contribution in [0, 0.1) is 0 Å². The molecule has 1 amide bonds. The minimum Gasteiger partial charge on any atom is -0.354 e. The number of hydrogen-bond donors (Lipinski definition) is 1. The highest BCUT2D eigenvalue weighted by Crippen LogP contribution is 2.20. The van der Waals surface area contributed by atoms with Crippen molar-refractivity contribution in [3.8, 4) is 0 Å². The van der Waals surface area contributed by atoms with E-state index in [4.69, 9.17) is 0 Å². The van der Waals surface area contributed by atoms with Crippen LogP contribution in [0.5, 0.6) is 0 Å². The van der Waals surface area contributed by atoms with E-state index in [0.29, 0.717) is 13.0 Å². The minimum absolute atomic E-state index is 0.0678. The quantitative estimate of drug-likeness (QED) is 0.763. The monoisotopic (exact) mass is 349 g/mol. The maximum Gasteiger partial charge on any atom is 0.237 e. The van der Waals surface area contributed by atoms with Gasteiger partial charge in [0, 0.05) is 32.3 Å². The van der Waals surface area contributed by atoms with Gasteiger partial charge >= 0.3 is 0 Å². The molecular formula is C20H23N5O. The summed E-state index contributed by atoms with van der Waals surface area (Å²) in [6, 6.07) is 14.2. The smallest absolute Gasteiger partial charge is 0.237 e. The second-order valence-corrected chi connectivity index (χ2v) is 6.75. The molecule has 3 heterocycles. The topological polar surface area (TPSA) is 62.5 Å². The predicted molar refractivity (Wildman–Crippen MR) is 99.7 cm³/mol. The van der Waals surface area contributed by atoms with E-state index in [1.165, 1.54) is 11.1 Å². The van der Waals surface area contributed by atoms with Gasteiger partial charge in [0.1, 0.15) is 5.82 Å². The predicted octanol–water partition coefficient (Wildman–Crippen LogP) is 1.83. The van der Waals surface area contributed by atoms with Crippen LogP contribution >= 0.6 is 0 Å². The molecule has 1 aliphatic rings. The van der Waals surface area contributed by atoms with Gasteiger partial charge in [-0.05, 0) is 36.6 Å². The molecule has 0 aliphatic carbocycles. The normalized spacial score (nSPS) is 15.6. The minimum atomic E-state index is -0.140. The first kappa shape index (κ1) is 16.7. The average molecular weight is 349 g/mol. The molecule has 1 N–H and O–H groups in total. The molecule has 6 nitrogen and oxygen atoms in total. The maximum absolute atomic E-state index is 12.6. The Bertz CT molecular complexity index is 919. The highest BCUT2D eigenvalue weighted by Gasteiger charge is 2.24. The molecule has 0 saturated heterocycles. The fourth-order valence-electron chi connectivity index (χ4n) is 3.52. The van der Waals surface area contributed by atoms with E-state index in [1.807, 2.05) is 35.7 Å². The van der Waals surface area contributed by atoms with Gasteiger partial charge < -0.3 is 5.32 Å². The number of carbonyl (C=O) groups is 1. The van der Waals surface area contributed by atoms with Crippen LogP contribution in [0.15, 0.2) is 48.7 Å². The summed E-state index contributed by atoms with van der Waals surface area (Å²) in [4.78, 5) is 14.8. The first-order chi connectivity index (χ1) is 12.7. The number of carbonyl (C=O) groups excluding carboxylic acids is 1. The Hall–Kier alpha value is -2.73. The summed E-state index contributed by atoms with van der Waals surface area (Å²) in [6.45, 7) is 4.29. The van der Waals surface area contributed by atoms with Crippen LogP contribution in [0.3, 0.4) is 0 Å². The van der Waals surface area contributed by atoms with Gasteiger partial charge in [0.15, 0.2) is 5.65 Å². The second-order valence-electron chi connectivity index (χ2n) is 6.75. The van der Waals surface area contributed by atoms with E-state index in [9.17, 15) is 4.79 Å². The average Bonchev–Trinajstić information content (AvgIpc) is 3.10. The number of benzene rings is 1. The zero-order valence-electron chi connectivity index (χ0n) is 14.9. The van der Waals surface area contributed by atoms with E-state index >= 15 is 0 Å². The number of amides is 1. The molecule has 6 heteroatoms. The summed E-state index contributed by atoms with van der Waals surface area (Å²) in [7, 11) is 0. The molecule has 2 aromatic heterocycles. The third-order valence-electron chi connectivity index (χ3n) is 5.12. The molecule has 0 radical (unpaired) electrons. The Morgan fingerprint density at radius 3 is 2.85 bits per heavy atom. The molecule has 0 bridgehead atoms. The van der Waals surface area contributed by atoms with Crippen LogP contribution in [-0.2, 0) is 24.2 Å². The molecule has 0 fully saturated rings. The van der Waals surface area contributed by atoms with E-state index in [2.05, 4.69) is 44.7 Å². The number of rotatable bonds is 5. The van der Waals surface area contributed by atoms with Crippen LogP contribution < -0.4 is 5.32 Å². The van der Waals surface area contributed by atoms with Crippen molar-refractivity contribution in [1.29, 1.82) is 0 Å². The summed E-state index contributed by atoms with van der Waals surface area (Å²) in [6.07, 6.45) is 3.60. The van der Waals surface area contributed by atoms with Gasteiger partial charge in [-0.25, -0.2) is 0 Å². The van der Waals surface area contributed by atoms with Gasteiger partial charge in [-0.3, -0.25) is 14.1 Å². The number of fused-ring (bicyclic) bond motifs is 2. The number of hydrogen-bond acceptors (Lipinski definition) is 4. The van der Waals surface area contributed by atoms with Gasteiger partial charge in [-0.2, -0.15) is 0 Å². The molecule has 26 heavy (non-hydrogen) atoms. The van der Waals surface area contributed by atoms with Crippen molar-refractivity contribution in [3.05, 3.63) is 65.6 Å². The maximum atomic E-state index is 12.6. The SMILES string of the molecule is C[C@@H](C(=O)NCCc1nnc2ccccn12)N1CCc2ccccc2C1. The molecule has 1 aliphatic heterocycles. The first-order valence-electron chi connectivity index (χ1n) is 9.09. The highest BCUT2D eigenvalue weighted by atomic mass is 16.2. The van der Waals surface area contributed by atoms with Crippen LogP contribution in [0.2, 0.25) is 0 Å². The fraction of sp³-hybridized carbons (Fsp3) is 0.350. The molecule has 0 unspecified atom stereocenters. The highest BCUT2D eigenvalue weighted by molar-refractivity contribution is 5.81. The lowest BCUT2D eigenvalue weighted by molar-refractivity contribution is -0.126. The Morgan fingerprint density at radius 2 is 1.96 bits per heavy atom. The van der Waals surface area contributed by atoms with Gasteiger partial charge in [-0.1, -0.05) is 30.3 Å². The molecule has 3 aromatic rings. The van der Waals surface area contributed by atoms with Crippen LogP contribution in [0.25, 0.3) is 5.65 Å². The Labute approximate surface area is 152 Å². The van der Waals surface area contributed by atoms with Crippen molar-refractivity contribution in [1.82, 2.24) is 24.8 Å². The number of aromatic nitrogens is 3. The van der Waals surface area contributed by atoms with Crippen LogP contribution in [-0.4, -0.2) is 44.5 Å². The number of nitrogens with zero attached hydrogens (tertiary/aromatic N) is 4. The third kappa shape index (κ3) is 3.32. The Balaban J connectivity index is 1.32. The molecule has 0 saturated carbocycles. The third-order valence-corrected chi connectivity index (χ3v) is 5.12. The van der Waals surface area contributed by atoms with Gasteiger partial charge in [-0.15, -0.1) is 10.2 Å². The zero-order chi connectivity index (χ0) is 17.9. The van der Waals surface area contributed by atoms with Gasteiger partial charge in [0.05, 0.1) is 6.04 Å². The van der Waals surface area contributed by atoms with Crippen molar-refractivity contribution < 1.29 is 4.79 Å². The van der Waals surface area contributed by atoms with E-state index in [-0.39, 0.29) is 11.9 Å². The van der Waals surface area contributed by atoms with Crippen molar-refractivity contribution in [2.45, 2.75) is 32.4 Å². The first-order valence-corrected chi connectivity index (χ1v) is 9.09. The van der Waals surface area contributed by atoms with Gasteiger partial charge in [0.2, 0.25) is 5.91 Å². The summed E-state index contributed by atoms with van der Waals surface area (Å²) in [5.41, 5.74) is 3.55. The lowest BCUT2D eigenvalue weighted by Gasteiger charge is -2.32. The Kier molecular flexibility index (Phi) is 4.67. The summed E-state index contributed by atoms with van der Waals surface area (Å²) in [5.74, 6) is 0.929. The van der Waals surface area contributed by atoms with E-state index < -0.39 is 0 Å². The molecule has 134 valence electrons. The van der Waals surface area contributed by atoms with Crippen molar-refractivity contribution in [2.75, 3.05) is 13.1 Å². The van der Waals surface area contributed by atoms with E-state index in [1.54, 1.807) is 0 Å². The molecule has 0 spiro atoms. The van der Waals surface area contributed by atoms with Crippen molar-refractivity contribution >= 4 is 11.6 Å². The van der Waals surface area contributed by atoms with Crippen LogP contribution in [0.1, 0.15) is 23.9 Å². The van der Waals surface area contributed by atoms with Gasteiger partial charge in [0.25, 0.3) is 0 Å². The molecule has 1 aromatic carbocycles. The summed E-state index contributed by atoms with van der Waals surface area (Å²) in [5, 5.41) is 11.4. The lowest BCUT2D eigenvalue weighted by atomic mass is 9.99. The summed E-state index contributed by atoms with van der Waals surface area (Å²) < 4.78 is 1.96. The summed E-state index contributed by atoms with van der Waals surface area (Å²) >= 11 is 0. The Morgan fingerprint density at radius 1 is 1.15 bits per heavy atom. The lowest BCUT2D eigenvalue weighted by Crippen LogP contribution is -2.47. The molecule has 4 rings (SSSR count). The van der Waals surface area contributed by atoms with Crippen molar-refractivity contribution in [2.24, 2.45) is 0 Å². The largest absolute Gasteiger partial charge is 0.354 e. The van der Waals surface area contributed by atoms with Crippen LogP contribution in [0.4, 0.5) is 0 Å². The zero-order valence-corrected chi connectivity index (χ0v) is 14.9. The fourth-order valence-corrected chi connectivity index (χ4v) is 3.52. The standard InChI is InChI=1S/C20H23N5O/c1-15(24-13-10-16-6-2-3-7-17(16)14-24)20(26)21-11-9-19-23-22-18-8-4-5-12-25(18)19/h2-8,12,15H,9-11,13-14H2,1H3,(H,21,26)/t15-/m0/s1. The number of nitrogens with one attached hydrogen (secondary N) is 1.